The standard InChI is InChI=1S/C31H66N2O/c1-5-8-11-14-17-20-23-27-32-31(4,34)26-30-33(28-24-21-18-15-12-9-6-2)29-25-22-19-16-13-10-7-3/h32,34H,5-30H2,1-4H3. The number of nitrogens with zero attached hydrogens (tertiary/aromatic N) is 1. The van der Waals surface area contributed by atoms with E-state index in [1.54, 1.807) is 0 Å². The molecule has 0 aromatic carbocycles. The van der Waals surface area contributed by atoms with Gasteiger partial charge in [-0.25, -0.2) is 0 Å². The van der Waals surface area contributed by atoms with Gasteiger partial charge in [-0.1, -0.05) is 136 Å². The number of rotatable bonds is 28. The van der Waals surface area contributed by atoms with E-state index in [2.05, 4.69) is 31.0 Å². The van der Waals surface area contributed by atoms with Crippen LogP contribution in [0.3, 0.4) is 0 Å². The maximum atomic E-state index is 10.9. The number of hydrogen-bond donors (Lipinski definition) is 2. The zero-order valence-electron chi connectivity index (χ0n) is 24.3. The highest BCUT2D eigenvalue weighted by Gasteiger charge is 2.20. The predicted octanol–water partition coefficient (Wildman–Crippen LogP) is 9.23. The minimum absolute atomic E-state index is 0.735. The van der Waals surface area contributed by atoms with Crippen LogP contribution in [0.2, 0.25) is 0 Å². The quantitative estimate of drug-likeness (QED) is 0.0861. The Hall–Kier alpha value is -0.120. The SMILES string of the molecule is CCCCCCCCCNC(C)(O)CCN(CCCCCCCCC)CCCCCCCCC. The third kappa shape index (κ3) is 25.0. The van der Waals surface area contributed by atoms with Gasteiger partial charge in [-0.3, -0.25) is 5.32 Å². The first-order valence-electron chi connectivity index (χ1n) is 15.8. The van der Waals surface area contributed by atoms with Gasteiger partial charge in [-0.05, 0) is 45.8 Å². The molecule has 0 aromatic rings. The summed E-state index contributed by atoms with van der Waals surface area (Å²) < 4.78 is 0. The summed E-state index contributed by atoms with van der Waals surface area (Å²) in [6, 6.07) is 0. The molecule has 0 aliphatic carbocycles. The summed E-state index contributed by atoms with van der Waals surface area (Å²) in [4.78, 5) is 2.64. The molecule has 0 spiro atoms. The second kappa shape index (κ2) is 26.0. The normalized spacial score (nSPS) is 13.6. The molecule has 1 atom stereocenters. The van der Waals surface area contributed by atoms with Crippen molar-refractivity contribution in [2.45, 2.75) is 175 Å². The van der Waals surface area contributed by atoms with Crippen molar-refractivity contribution in [2.24, 2.45) is 0 Å². The lowest BCUT2D eigenvalue weighted by Gasteiger charge is -2.29. The van der Waals surface area contributed by atoms with E-state index in [-0.39, 0.29) is 0 Å². The third-order valence-electron chi connectivity index (χ3n) is 7.36. The lowest BCUT2D eigenvalue weighted by molar-refractivity contribution is 0.00616. The van der Waals surface area contributed by atoms with E-state index < -0.39 is 5.72 Å². The fourth-order valence-corrected chi connectivity index (χ4v) is 4.82. The van der Waals surface area contributed by atoms with Gasteiger partial charge in [0.15, 0.2) is 0 Å². The van der Waals surface area contributed by atoms with Crippen molar-refractivity contribution in [1.82, 2.24) is 10.2 Å². The first-order chi connectivity index (χ1) is 16.6. The van der Waals surface area contributed by atoms with Crippen molar-refractivity contribution in [2.75, 3.05) is 26.2 Å². The minimum Gasteiger partial charge on any atom is -0.376 e. The molecule has 0 bridgehead atoms. The molecule has 0 aliphatic heterocycles. The van der Waals surface area contributed by atoms with Crippen molar-refractivity contribution >= 4 is 0 Å². The van der Waals surface area contributed by atoms with E-state index in [0.29, 0.717) is 0 Å². The summed E-state index contributed by atoms with van der Waals surface area (Å²) in [5, 5.41) is 14.3. The first kappa shape index (κ1) is 33.9. The summed E-state index contributed by atoms with van der Waals surface area (Å²) in [6.45, 7) is 13.2. The lowest BCUT2D eigenvalue weighted by atomic mass is 10.1. The van der Waals surface area contributed by atoms with Gasteiger partial charge in [0.1, 0.15) is 5.72 Å². The highest BCUT2D eigenvalue weighted by molar-refractivity contribution is 4.73. The second-order valence-electron chi connectivity index (χ2n) is 11.2. The Balaban J connectivity index is 4.13. The largest absolute Gasteiger partial charge is 0.376 e. The number of hydrogen-bond acceptors (Lipinski definition) is 3. The molecule has 0 aliphatic rings. The van der Waals surface area contributed by atoms with E-state index in [0.717, 1.165) is 19.5 Å². The Kier molecular flexibility index (Phi) is 25.9. The van der Waals surface area contributed by atoms with Crippen molar-refractivity contribution in [3.05, 3.63) is 0 Å². The topological polar surface area (TPSA) is 35.5 Å². The molecule has 3 nitrogen and oxygen atoms in total. The van der Waals surface area contributed by atoms with Crippen LogP contribution in [0, 0.1) is 0 Å². The van der Waals surface area contributed by atoms with Crippen molar-refractivity contribution in [1.29, 1.82) is 0 Å². The first-order valence-corrected chi connectivity index (χ1v) is 15.8. The monoisotopic (exact) mass is 483 g/mol. The van der Waals surface area contributed by atoms with Gasteiger partial charge in [0.2, 0.25) is 0 Å². The molecule has 0 rings (SSSR count). The molecule has 0 fully saturated rings. The predicted molar refractivity (Wildman–Crippen MR) is 154 cm³/mol. The van der Waals surface area contributed by atoms with Crippen LogP contribution < -0.4 is 5.32 Å². The van der Waals surface area contributed by atoms with Crippen LogP contribution in [0.4, 0.5) is 0 Å². The van der Waals surface area contributed by atoms with E-state index in [4.69, 9.17) is 0 Å². The van der Waals surface area contributed by atoms with Crippen molar-refractivity contribution in [3.63, 3.8) is 0 Å². The van der Waals surface area contributed by atoms with Crippen LogP contribution in [0.1, 0.15) is 169 Å². The number of nitrogens with one attached hydrogen (secondary N) is 1. The molecule has 0 radical (unpaired) electrons. The van der Waals surface area contributed by atoms with Gasteiger partial charge < -0.3 is 10.0 Å². The Morgan fingerprint density at radius 1 is 0.500 bits per heavy atom. The Morgan fingerprint density at radius 3 is 1.26 bits per heavy atom. The van der Waals surface area contributed by atoms with Gasteiger partial charge in [-0.15, -0.1) is 0 Å². The average Bonchev–Trinajstić information content (AvgIpc) is 2.82. The lowest BCUT2D eigenvalue weighted by Crippen LogP contribution is -2.45. The molecule has 0 saturated carbocycles. The van der Waals surface area contributed by atoms with Crippen molar-refractivity contribution in [3.8, 4) is 0 Å². The Labute approximate surface area is 216 Å². The maximum Gasteiger partial charge on any atom is 0.114 e. The Morgan fingerprint density at radius 2 is 0.853 bits per heavy atom. The van der Waals surface area contributed by atoms with E-state index in [1.807, 2.05) is 6.92 Å². The third-order valence-corrected chi connectivity index (χ3v) is 7.36. The van der Waals surface area contributed by atoms with Crippen LogP contribution in [0.5, 0.6) is 0 Å². The molecular weight excluding hydrogens is 416 g/mol. The molecule has 0 amide bonds. The average molecular weight is 483 g/mol. The molecule has 3 heteroatoms. The van der Waals surface area contributed by atoms with Crippen molar-refractivity contribution < 1.29 is 5.11 Å². The molecule has 1 unspecified atom stereocenters. The van der Waals surface area contributed by atoms with Crippen LogP contribution in [0.15, 0.2) is 0 Å². The van der Waals surface area contributed by atoms with Crippen LogP contribution >= 0.6 is 0 Å². The smallest absolute Gasteiger partial charge is 0.114 e. The fraction of sp³-hybridized carbons (Fsp3) is 1.00. The van der Waals surface area contributed by atoms with E-state index in [9.17, 15) is 5.11 Å². The molecule has 206 valence electrons. The Bertz CT molecular complexity index is 368. The maximum absolute atomic E-state index is 10.9. The van der Waals surface area contributed by atoms with E-state index >= 15 is 0 Å². The highest BCUT2D eigenvalue weighted by atomic mass is 16.3. The molecule has 2 N–H and O–H groups in total. The molecule has 0 heterocycles. The van der Waals surface area contributed by atoms with Gasteiger partial charge in [-0.2, -0.15) is 0 Å². The van der Waals surface area contributed by atoms with Gasteiger partial charge >= 0.3 is 0 Å². The van der Waals surface area contributed by atoms with E-state index in [1.165, 1.54) is 148 Å². The number of aliphatic hydroxyl groups is 1. The molecule has 0 saturated heterocycles. The molecule has 34 heavy (non-hydrogen) atoms. The van der Waals surface area contributed by atoms with Gasteiger partial charge in [0.05, 0.1) is 0 Å². The fourth-order valence-electron chi connectivity index (χ4n) is 4.82. The summed E-state index contributed by atoms with van der Waals surface area (Å²) in [5.41, 5.74) is -0.735. The summed E-state index contributed by atoms with van der Waals surface area (Å²) >= 11 is 0. The van der Waals surface area contributed by atoms with Crippen LogP contribution in [0.25, 0.3) is 0 Å². The van der Waals surface area contributed by atoms with Crippen LogP contribution in [-0.4, -0.2) is 41.9 Å². The van der Waals surface area contributed by atoms with Crippen LogP contribution in [-0.2, 0) is 0 Å². The minimum atomic E-state index is -0.735. The summed E-state index contributed by atoms with van der Waals surface area (Å²) in [7, 11) is 0. The zero-order chi connectivity index (χ0) is 25.2. The van der Waals surface area contributed by atoms with Gasteiger partial charge in [0, 0.05) is 13.0 Å². The zero-order valence-corrected chi connectivity index (χ0v) is 24.3. The molecule has 0 aromatic heterocycles. The van der Waals surface area contributed by atoms with Gasteiger partial charge in [0.25, 0.3) is 0 Å². The highest BCUT2D eigenvalue weighted by Crippen LogP contribution is 2.13. The molecular formula is C31H66N2O. The second-order valence-corrected chi connectivity index (χ2v) is 11.2. The summed E-state index contributed by atoms with van der Waals surface area (Å²) in [6.07, 6.45) is 29.3. The number of unbranched alkanes of at least 4 members (excludes halogenated alkanes) is 18. The summed E-state index contributed by atoms with van der Waals surface area (Å²) in [5.74, 6) is 0.